The largest absolute Gasteiger partial charge is 0.311 e. The van der Waals surface area contributed by atoms with E-state index in [1.807, 2.05) is 11.3 Å². The number of likely N-dealkylation sites (tertiary alicyclic amines) is 1. The van der Waals surface area contributed by atoms with Gasteiger partial charge in [-0.05, 0) is 44.9 Å². The summed E-state index contributed by atoms with van der Waals surface area (Å²) in [4.78, 5) is 6.39. The van der Waals surface area contributed by atoms with E-state index in [2.05, 4.69) is 46.7 Å². The Morgan fingerprint density at radius 3 is 3.11 bits per heavy atom. The van der Waals surface area contributed by atoms with Gasteiger partial charge in [0.25, 0.3) is 0 Å². The fraction of sp³-hybridized carbons (Fsp3) is 0.714. The summed E-state index contributed by atoms with van der Waals surface area (Å²) in [5.74, 6) is 0. The highest BCUT2D eigenvalue weighted by atomic mass is 32.1. The summed E-state index contributed by atoms with van der Waals surface area (Å²) in [7, 11) is 4.40. The minimum atomic E-state index is 0.746. The second kappa shape index (κ2) is 7.24. The average molecular weight is 267 g/mol. The highest BCUT2D eigenvalue weighted by Gasteiger charge is 2.20. The Hall–Kier alpha value is -0.420. The first-order valence-corrected chi connectivity index (χ1v) is 7.75. The smallest absolute Gasteiger partial charge is 0.0300 e. The van der Waals surface area contributed by atoms with Crippen LogP contribution < -0.4 is 5.32 Å². The first-order valence-electron chi connectivity index (χ1n) is 6.87. The fourth-order valence-electron chi connectivity index (χ4n) is 2.52. The van der Waals surface area contributed by atoms with Crippen LogP contribution in [-0.4, -0.2) is 56.1 Å². The molecule has 1 N–H and O–H groups in total. The van der Waals surface area contributed by atoms with Crippen LogP contribution >= 0.6 is 11.3 Å². The van der Waals surface area contributed by atoms with Gasteiger partial charge in [-0.1, -0.05) is 6.07 Å². The molecule has 0 aliphatic carbocycles. The normalized spacial score (nSPS) is 21.6. The molecule has 1 aliphatic heterocycles. The molecule has 3 nitrogen and oxygen atoms in total. The monoisotopic (exact) mass is 267 g/mol. The molecule has 1 fully saturated rings. The molecular weight excluding hydrogens is 242 g/mol. The van der Waals surface area contributed by atoms with Crippen molar-refractivity contribution in [3.8, 4) is 0 Å². The lowest BCUT2D eigenvalue weighted by Crippen LogP contribution is -2.46. The third-order valence-corrected chi connectivity index (χ3v) is 4.57. The molecular formula is C14H25N3S. The number of hydrogen-bond donors (Lipinski definition) is 1. The Labute approximate surface area is 115 Å². The van der Waals surface area contributed by atoms with Crippen LogP contribution in [0.1, 0.15) is 17.7 Å². The second-order valence-corrected chi connectivity index (χ2v) is 6.35. The van der Waals surface area contributed by atoms with Crippen molar-refractivity contribution in [3.63, 3.8) is 0 Å². The number of thiophene rings is 1. The Morgan fingerprint density at radius 2 is 2.39 bits per heavy atom. The maximum absolute atomic E-state index is 3.53. The van der Waals surface area contributed by atoms with Gasteiger partial charge >= 0.3 is 0 Å². The number of hydrogen-bond acceptors (Lipinski definition) is 4. The number of nitrogens with one attached hydrogen (secondary N) is 1. The molecule has 0 saturated carbocycles. The van der Waals surface area contributed by atoms with E-state index in [0.29, 0.717) is 0 Å². The molecule has 0 amide bonds. The van der Waals surface area contributed by atoms with E-state index in [1.165, 1.54) is 37.4 Å². The Bertz CT molecular complexity index is 324. The van der Waals surface area contributed by atoms with Crippen molar-refractivity contribution in [3.05, 3.63) is 22.4 Å². The summed E-state index contributed by atoms with van der Waals surface area (Å²) >= 11 is 1.83. The lowest BCUT2D eigenvalue weighted by atomic mass is 10.1. The molecule has 1 unspecified atom stereocenters. The maximum atomic E-state index is 3.53. The zero-order valence-electron chi connectivity index (χ0n) is 11.6. The summed E-state index contributed by atoms with van der Waals surface area (Å²) in [6.45, 7) is 5.79. The van der Waals surface area contributed by atoms with Crippen LogP contribution in [0.15, 0.2) is 17.5 Å². The summed E-state index contributed by atoms with van der Waals surface area (Å²) in [6.07, 6.45) is 2.69. The van der Waals surface area contributed by atoms with Crippen molar-refractivity contribution >= 4 is 11.3 Å². The standard InChI is InChI=1S/C14H25N3S/c1-16(2)13-5-3-8-17(12-13)9-7-15-11-14-6-4-10-18-14/h4,6,10,13,15H,3,5,7-9,11-12H2,1-2H3. The van der Waals surface area contributed by atoms with Crippen molar-refractivity contribution in [2.24, 2.45) is 0 Å². The summed E-state index contributed by atoms with van der Waals surface area (Å²) in [6, 6.07) is 5.06. The van der Waals surface area contributed by atoms with Crippen molar-refractivity contribution in [1.82, 2.24) is 15.1 Å². The van der Waals surface area contributed by atoms with Crippen LogP contribution in [0.2, 0.25) is 0 Å². The number of nitrogens with zero attached hydrogens (tertiary/aromatic N) is 2. The number of likely N-dealkylation sites (N-methyl/N-ethyl adjacent to an activating group) is 1. The highest BCUT2D eigenvalue weighted by molar-refractivity contribution is 7.09. The van der Waals surface area contributed by atoms with Gasteiger partial charge in [0.15, 0.2) is 0 Å². The summed E-state index contributed by atoms with van der Waals surface area (Å²) in [5, 5.41) is 5.68. The van der Waals surface area contributed by atoms with E-state index in [9.17, 15) is 0 Å². The third kappa shape index (κ3) is 4.35. The Morgan fingerprint density at radius 1 is 1.50 bits per heavy atom. The van der Waals surface area contributed by atoms with E-state index in [0.717, 1.165) is 19.1 Å². The molecule has 0 bridgehead atoms. The van der Waals surface area contributed by atoms with Gasteiger partial charge in [-0.15, -0.1) is 11.3 Å². The van der Waals surface area contributed by atoms with E-state index < -0.39 is 0 Å². The molecule has 1 atom stereocenters. The van der Waals surface area contributed by atoms with Crippen LogP contribution in [0.4, 0.5) is 0 Å². The van der Waals surface area contributed by atoms with E-state index in [4.69, 9.17) is 0 Å². The second-order valence-electron chi connectivity index (χ2n) is 5.32. The van der Waals surface area contributed by atoms with Gasteiger partial charge in [-0.3, -0.25) is 0 Å². The van der Waals surface area contributed by atoms with Crippen molar-refractivity contribution in [2.75, 3.05) is 40.3 Å². The summed E-state index contributed by atoms with van der Waals surface area (Å²) in [5.41, 5.74) is 0. The molecule has 2 rings (SSSR count). The molecule has 0 aromatic carbocycles. The molecule has 18 heavy (non-hydrogen) atoms. The van der Waals surface area contributed by atoms with Crippen LogP contribution in [-0.2, 0) is 6.54 Å². The van der Waals surface area contributed by atoms with Crippen molar-refractivity contribution < 1.29 is 0 Å². The van der Waals surface area contributed by atoms with Gasteiger partial charge in [0.05, 0.1) is 0 Å². The highest BCUT2D eigenvalue weighted by Crippen LogP contribution is 2.13. The fourth-order valence-corrected chi connectivity index (χ4v) is 3.19. The van der Waals surface area contributed by atoms with Gasteiger partial charge < -0.3 is 15.1 Å². The number of rotatable bonds is 6. The SMILES string of the molecule is CN(C)C1CCCN(CCNCc2cccs2)C1. The molecule has 0 radical (unpaired) electrons. The van der Waals surface area contributed by atoms with Gasteiger partial charge in [-0.25, -0.2) is 0 Å². The van der Waals surface area contributed by atoms with E-state index in [1.54, 1.807) is 0 Å². The van der Waals surface area contributed by atoms with Crippen molar-refractivity contribution in [2.45, 2.75) is 25.4 Å². The van der Waals surface area contributed by atoms with Crippen molar-refractivity contribution in [1.29, 1.82) is 0 Å². The molecule has 4 heteroatoms. The van der Waals surface area contributed by atoms with Gasteiger partial charge in [0.2, 0.25) is 0 Å². The Balaban J connectivity index is 1.61. The van der Waals surface area contributed by atoms with Crippen LogP contribution in [0.3, 0.4) is 0 Å². The van der Waals surface area contributed by atoms with Crippen LogP contribution in [0, 0.1) is 0 Å². The zero-order chi connectivity index (χ0) is 12.8. The lowest BCUT2D eigenvalue weighted by Gasteiger charge is -2.36. The Kier molecular flexibility index (Phi) is 5.63. The van der Waals surface area contributed by atoms with Crippen LogP contribution in [0.25, 0.3) is 0 Å². The van der Waals surface area contributed by atoms with E-state index in [-0.39, 0.29) is 0 Å². The third-order valence-electron chi connectivity index (χ3n) is 3.70. The average Bonchev–Trinajstić information content (AvgIpc) is 2.88. The minimum absolute atomic E-state index is 0.746. The minimum Gasteiger partial charge on any atom is -0.311 e. The topological polar surface area (TPSA) is 18.5 Å². The molecule has 102 valence electrons. The lowest BCUT2D eigenvalue weighted by molar-refractivity contribution is 0.134. The quantitative estimate of drug-likeness (QED) is 0.794. The molecule has 1 saturated heterocycles. The predicted molar refractivity (Wildman–Crippen MR) is 79.2 cm³/mol. The molecule has 1 aliphatic rings. The molecule has 0 spiro atoms. The van der Waals surface area contributed by atoms with Gasteiger partial charge in [-0.2, -0.15) is 0 Å². The molecule has 2 heterocycles. The van der Waals surface area contributed by atoms with Gasteiger partial charge in [0, 0.05) is 37.1 Å². The number of piperidine rings is 1. The van der Waals surface area contributed by atoms with E-state index >= 15 is 0 Å². The predicted octanol–water partition coefficient (Wildman–Crippen LogP) is 1.86. The summed E-state index contributed by atoms with van der Waals surface area (Å²) < 4.78 is 0. The zero-order valence-corrected chi connectivity index (χ0v) is 12.4. The first kappa shape index (κ1) is 14.0. The molecule has 1 aromatic heterocycles. The molecule has 1 aromatic rings. The first-order chi connectivity index (χ1) is 8.75. The maximum Gasteiger partial charge on any atom is 0.0300 e. The van der Waals surface area contributed by atoms with Crippen LogP contribution in [0.5, 0.6) is 0 Å². The van der Waals surface area contributed by atoms with Gasteiger partial charge in [0.1, 0.15) is 0 Å².